The molecule has 1 fully saturated rings. The average molecular weight is 279 g/mol. The lowest BCUT2D eigenvalue weighted by Gasteiger charge is -2.42. The number of nitrogens with two attached hydrogens (primary N) is 1. The van der Waals surface area contributed by atoms with Crippen molar-refractivity contribution in [3.8, 4) is 0 Å². The number of hydrogen-bond acceptors (Lipinski definition) is 3. The fourth-order valence-corrected chi connectivity index (χ4v) is 2.18. The van der Waals surface area contributed by atoms with Crippen molar-refractivity contribution in [2.75, 3.05) is 26.3 Å². The molecule has 4 nitrogen and oxygen atoms in total. The number of hydrogen-bond donors (Lipinski definition) is 2. The summed E-state index contributed by atoms with van der Waals surface area (Å²) in [5.41, 5.74) is 5.77. The van der Waals surface area contributed by atoms with E-state index in [9.17, 15) is 4.79 Å². The third kappa shape index (κ3) is 5.12. The minimum atomic E-state index is -0.0842. The molecule has 0 radical (unpaired) electrons. The first kappa shape index (κ1) is 17.7. The van der Waals surface area contributed by atoms with Gasteiger partial charge in [0.2, 0.25) is 5.91 Å². The van der Waals surface area contributed by atoms with E-state index in [1.165, 1.54) is 19.3 Å². The van der Waals surface area contributed by atoms with Crippen molar-refractivity contribution in [3.63, 3.8) is 0 Å². The molecule has 0 heterocycles. The molecule has 0 spiro atoms. The Kier molecular flexibility index (Phi) is 8.57. The summed E-state index contributed by atoms with van der Waals surface area (Å²) in [4.78, 5) is 11.7. The molecular formula is C13H27ClN2O2. The molecular weight excluding hydrogens is 252 g/mol. The first-order chi connectivity index (χ1) is 8.13. The molecule has 1 aliphatic rings. The number of ether oxygens (including phenoxy) is 1. The van der Waals surface area contributed by atoms with Crippen LogP contribution >= 0.6 is 12.4 Å². The van der Waals surface area contributed by atoms with Gasteiger partial charge >= 0.3 is 0 Å². The lowest BCUT2D eigenvalue weighted by Crippen LogP contribution is -2.45. The van der Waals surface area contributed by atoms with Crippen LogP contribution in [0.15, 0.2) is 0 Å². The van der Waals surface area contributed by atoms with Gasteiger partial charge in [0.15, 0.2) is 0 Å². The summed E-state index contributed by atoms with van der Waals surface area (Å²) in [7, 11) is 0. The van der Waals surface area contributed by atoms with E-state index in [2.05, 4.69) is 5.32 Å². The largest absolute Gasteiger partial charge is 0.382 e. The maximum atomic E-state index is 11.7. The van der Waals surface area contributed by atoms with Crippen molar-refractivity contribution in [2.45, 2.75) is 39.5 Å². The van der Waals surface area contributed by atoms with Crippen LogP contribution in [0.5, 0.6) is 0 Å². The van der Waals surface area contributed by atoms with Gasteiger partial charge in [0.05, 0.1) is 0 Å². The highest BCUT2D eigenvalue weighted by molar-refractivity contribution is 5.85. The molecule has 1 rings (SSSR count). The zero-order valence-corrected chi connectivity index (χ0v) is 12.4. The predicted molar refractivity (Wildman–Crippen MR) is 75.9 cm³/mol. The second kappa shape index (κ2) is 8.73. The Balaban J connectivity index is 0.00000289. The van der Waals surface area contributed by atoms with Crippen molar-refractivity contribution in [1.82, 2.24) is 5.32 Å². The van der Waals surface area contributed by atoms with Crippen LogP contribution in [0.25, 0.3) is 0 Å². The van der Waals surface area contributed by atoms with Gasteiger partial charge < -0.3 is 15.8 Å². The standard InChI is InChI=1S/C13H26N2O2.ClH/c1-3-17-8-7-13(5-4-6-13)10-15-12(16)11(2)9-14;/h11H,3-10,14H2,1-2H3,(H,15,16);1H. The Labute approximate surface area is 116 Å². The Morgan fingerprint density at radius 2 is 2.17 bits per heavy atom. The van der Waals surface area contributed by atoms with Crippen molar-refractivity contribution >= 4 is 18.3 Å². The van der Waals surface area contributed by atoms with Crippen LogP contribution in [0.1, 0.15) is 39.5 Å². The molecule has 1 atom stereocenters. The van der Waals surface area contributed by atoms with Crippen LogP contribution < -0.4 is 11.1 Å². The smallest absolute Gasteiger partial charge is 0.224 e. The van der Waals surface area contributed by atoms with Gasteiger partial charge in [0, 0.05) is 32.2 Å². The van der Waals surface area contributed by atoms with Gasteiger partial charge in [-0.05, 0) is 31.6 Å². The molecule has 0 aromatic heterocycles. The molecule has 0 saturated heterocycles. The first-order valence-electron chi connectivity index (χ1n) is 6.69. The van der Waals surface area contributed by atoms with E-state index in [1.54, 1.807) is 0 Å². The zero-order valence-electron chi connectivity index (χ0n) is 11.5. The van der Waals surface area contributed by atoms with Crippen LogP contribution in [0.3, 0.4) is 0 Å². The van der Waals surface area contributed by atoms with Gasteiger partial charge in [-0.15, -0.1) is 12.4 Å². The number of carbonyl (C=O) groups excluding carboxylic acids is 1. The maximum Gasteiger partial charge on any atom is 0.224 e. The maximum absolute atomic E-state index is 11.7. The van der Waals surface area contributed by atoms with E-state index in [0.29, 0.717) is 12.0 Å². The number of carbonyl (C=O) groups is 1. The fourth-order valence-electron chi connectivity index (χ4n) is 2.18. The quantitative estimate of drug-likeness (QED) is 0.665. The Hall–Kier alpha value is -0.320. The van der Waals surface area contributed by atoms with Crippen molar-refractivity contribution in [3.05, 3.63) is 0 Å². The normalized spacial score (nSPS) is 18.4. The number of nitrogens with one attached hydrogen (secondary N) is 1. The molecule has 5 heteroatoms. The Morgan fingerprint density at radius 1 is 1.50 bits per heavy atom. The van der Waals surface area contributed by atoms with Gasteiger partial charge in [-0.2, -0.15) is 0 Å². The number of amides is 1. The third-order valence-electron chi connectivity index (χ3n) is 3.83. The van der Waals surface area contributed by atoms with Gasteiger partial charge in [-0.3, -0.25) is 4.79 Å². The Bertz CT molecular complexity index is 245. The third-order valence-corrected chi connectivity index (χ3v) is 3.83. The second-order valence-electron chi connectivity index (χ2n) is 5.16. The number of rotatable bonds is 8. The van der Waals surface area contributed by atoms with E-state index in [4.69, 9.17) is 10.5 Å². The van der Waals surface area contributed by atoms with Crippen LogP contribution in [0.2, 0.25) is 0 Å². The van der Waals surface area contributed by atoms with Crippen molar-refractivity contribution in [2.24, 2.45) is 17.1 Å². The molecule has 0 aliphatic heterocycles. The topological polar surface area (TPSA) is 64.3 Å². The minimum absolute atomic E-state index is 0. The fraction of sp³-hybridized carbons (Fsp3) is 0.923. The minimum Gasteiger partial charge on any atom is -0.382 e. The van der Waals surface area contributed by atoms with Crippen molar-refractivity contribution in [1.29, 1.82) is 0 Å². The summed E-state index contributed by atoms with van der Waals surface area (Å²) in [6.45, 7) is 6.65. The highest BCUT2D eigenvalue weighted by Gasteiger charge is 2.36. The monoisotopic (exact) mass is 278 g/mol. The summed E-state index contributed by atoms with van der Waals surface area (Å²) >= 11 is 0. The van der Waals surface area contributed by atoms with Gasteiger partial charge in [-0.25, -0.2) is 0 Å². The predicted octanol–water partition coefficient (Wildman–Crippen LogP) is 1.72. The summed E-state index contributed by atoms with van der Waals surface area (Å²) in [5, 5.41) is 3.03. The molecule has 108 valence electrons. The lowest BCUT2D eigenvalue weighted by atomic mass is 9.66. The SMILES string of the molecule is CCOCCC1(CNC(=O)C(C)CN)CCC1.Cl. The van der Waals surface area contributed by atoms with Crippen LogP contribution in [-0.2, 0) is 9.53 Å². The van der Waals surface area contributed by atoms with E-state index >= 15 is 0 Å². The second-order valence-corrected chi connectivity index (χ2v) is 5.16. The molecule has 3 N–H and O–H groups in total. The Morgan fingerprint density at radius 3 is 2.61 bits per heavy atom. The number of halogens is 1. The molecule has 1 unspecified atom stereocenters. The van der Waals surface area contributed by atoms with E-state index in [0.717, 1.165) is 26.2 Å². The van der Waals surface area contributed by atoms with Gasteiger partial charge in [0.25, 0.3) is 0 Å². The summed E-state index contributed by atoms with van der Waals surface area (Å²) in [6.07, 6.45) is 4.74. The molecule has 0 bridgehead atoms. The van der Waals surface area contributed by atoms with E-state index in [1.807, 2.05) is 13.8 Å². The lowest BCUT2D eigenvalue weighted by molar-refractivity contribution is -0.125. The van der Waals surface area contributed by atoms with E-state index < -0.39 is 0 Å². The molecule has 1 aliphatic carbocycles. The summed E-state index contributed by atoms with van der Waals surface area (Å²) in [5.74, 6) is -0.00537. The molecule has 18 heavy (non-hydrogen) atoms. The molecule has 0 aromatic carbocycles. The highest BCUT2D eigenvalue weighted by atomic mass is 35.5. The summed E-state index contributed by atoms with van der Waals surface area (Å²) in [6, 6.07) is 0. The first-order valence-corrected chi connectivity index (χ1v) is 6.69. The molecule has 1 saturated carbocycles. The van der Waals surface area contributed by atoms with Crippen LogP contribution in [0.4, 0.5) is 0 Å². The van der Waals surface area contributed by atoms with Crippen molar-refractivity contribution < 1.29 is 9.53 Å². The zero-order chi connectivity index (χ0) is 12.7. The van der Waals surface area contributed by atoms with Crippen LogP contribution in [0, 0.1) is 11.3 Å². The molecule has 1 amide bonds. The average Bonchev–Trinajstić information content (AvgIpc) is 2.30. The van der Waals surface area contributed by atoms with E-state index in [-0.39, 0.29) is 24.2 Å². The van der Waals surface area contributed by atoms with Gasteiger partial charge in [-0.1, -0.05) is 13.3 Å². The van der Waals surface area contributed by atoms with Crippen LogP contribution in [-0.4, -0.2) is 32.2 Å². The van der Waals surface area contributed by atoms with Gasteiger partial charge in [0.1, 0.15) is 0 Å². The summed E-state index contributed by atoms with van der Waals surface area (Å²) < 4.78 is 5.41. The highest BCUT2D eigenvalue weighted by Crippen LogP contribution is 2.43. The molecule has 0 aromatic rings.